The molecule has 1 rings (SSSR count). The predicted molar refractivity (Wildman–Crippen MR) is 72.9 cm³/mol. The molecule has 1 fully saturated rings. The van der Waals surface area contributed by atoms with Crippen LogP contribution in [0.4, 0.5) is 0 Å². The Kier molecular flexibility index (Phi) is 7.23. The van der Waals surface area contributed by atoms with Crippen LogP contribution in [-0.4, -0.2) is 66.6 Å². The van der Waals surface area contributed by atoms with Gasteiger partial charge in [0.05, 0.1) is 37.9 Å². The molecule has 1 saturated heterocycles. The van der Waals surface area contributed by atoms with E-state index in [1.165, 1.54) is 0 Å². The summed E-state index contributed by atoms with van der Waals surface area (Å²) in [6.07, 6.45) is 1.35. The van der Waals surface area contributed by atoms with Gasteiger partial charge in [0.1, 0.15) is 0 Å². The van der Waals surface area contributed by atoms with Crippen molar-refractivity contribution in [3.8, 4) is 0 Å². The fraction of sp³-hybridized carbons (Fsp3) is 1.00. The summed E-state index contributed by atoms with van der Waals surface area (Å²) < 4.78 is 38.6. The SMILES string of the molecule is COCCOCCOCCC1(CN)CCS(=O)(=O)C1. The molecular weight excluding hydrogens is 270 g/mol. The van der Waals surface area contributed by atoms with E-state index in [1.807, 2.05) is 0 Å². The molecule has 0 aromatic carbocycles. The summed E-state index contributed by atoms with van der Waals surface area (Å²) in [4.78, 5) is 0. The molecule has 1 heterocycles. The summed E-state index contributed by atoms with van der Waals surface area (Å²) in [6, 6.07) is 0. The van der Waals surface area contributed by atoms with Crippen LogP contribution in [0.15, 0.2) is 0 Å². The van der Waals surface area contributed by atoms with Crippen molar-refractivity contribution in [3.05, 3.63) is 0 Å². The van der Waals surface area contributed by atoms with Crippen molar-refractivity contribution in [3.63, 3.8) is 0 Å². The Labute approximate surface area is 115 Å². The molecule has 1 unspecified atom stereocenters. The van der Waals surface area contributed by atoms with Crippen molar-refractivity contribution in [2.45, 2.75) is 12.8 Å². The summed E-state index contributed by atoms with van der Waals surface area (Å²) in [6.45, 7) is 3.10. The molecule has 2 N–H and O–H groups in total. The molecule has 0 spiro atoms. The quantitative estimate of drug-likeness (QED) is 0.563. The average Bonchev–Trinajstić information content (AvgIpc) is 2.69. The van der Waals surface area contributed by atoms with Crippen molar-refractivity contribution in [2.24, 2.45) is 11.1 Å². The number of nitrogens with two attached hydrogens (primary N) is 1. The van der Waals surface area contributed by atoms with Crippen LogP contribution >= 0.6 is 0 Å². The number of ether oxygens (including phenoxy) is 3. The van der Waals surface area contributed by atoms with Crippen LogP contribution in [0, 0.1) is 5.41 Å². The zero-order valence-electron chi connectivity index (χ0n) is 11.6. The van der Waals surface area contributed by atoms with Gasteiger partial charge in [-0.3, -0.25) is 0 Å². The van der Waals surface area contributed by atoms with E-state index in [-0.39, 0.29) is 16.9 Å². The highest BCUT2D eigenvalue weighted by Crippen LogP contribution is 2.34. The van der Waals surface area contributed by atoms with Crippen LogP contribution in [-0.2, 0) is 24.0 Å². The number of hydrogen-bond acceptors (Lipinski definition) is 6. The lowest BCUT2D eigenvalue weighted by Crippen LogP contribution is -2.33. The predicted octanol–water partition coefficient (Wildman–Crippen LogP) is -0.180. The van der Waals surface area contributed by atoms with Crippen molar-refractivity contribution in [2.75, 3.05) is 58.2 Å². The topological polar surface area (TPSA) is 87.8 Å². The minimum Gasteiger partial charge on any atom is -0.382 e. The molecule has 6 nitrogen and oxygen atoms in total. The third kappa shape index (κ3) is 6.18. The Hall–Kier alpha value is -0.210. The first-order chi connectivity index (χ1) is 9.04. The molecule has 0 saturated carbocycles. The van der Waals surface area contributed by atoms with Gasteiger partial charge in [0.15, 0.2) is 9.84 Å². The lowest BCUT2D eigenvalue weighted by Gasteiger charge is -2.25. The normalized spacial score (nSPS) is 25.8. The van der Waals surface area contributed by atoms with E-state index in [4.69, 9.17) is 19.9 Å². The first-order valence-corrected chi connectivity index (χ1v) is 8.41. The summed E-state index contributed by atoms with van der Waals surface area (Å²) >= 11 is 0. The van der Waals surface area contributed by atoms with Gasteiger partial charge in [-0.2, -0.15) is 0 Å². The number of methoxy groups -OCH3 is 1. The van der Waals surface area contributed by atoms with E-state index in [0.29, 0.717) is 52.4 Å². The maximum Gasteiger partial charge on any atom is 0.150 e. The van der Waals surface area contributed by atoms with Crippen molar-refractivity contribution >= 4 is 9.84 Å². The molecule has 7 heteroatoms. The van der Waals surface area contributed by atoms with Crippen molar-refractivity contribution < 1.29 is 22.6 Å². The molecule has 114 valence electrons. The average molecular weight is 295 g/mol. The van der Waals surface area contributed by atoms with Gasteiger partial charge in [-0.15, -0.1) is 0 Å². The van der Waals surface area contributed by atoms with Gasteiger partial charge in [-0.25, -0.2) is 8.42 Å². The Morgan fingerprint density at radius 1 is 1.11 bits per heavy atom. The zero-order valence-corrected chi connectivity index (χ0v) is 12.4. The minimum atomic E-state index is -2.90. The highest BCUT2D eigenvalue weighted by molar-refractivity contribution is 7.91. The smallest absolute Gasteiger partial charge is 0.150 e. The Balaban J connectivity index is 2.11. The molecule has 0 aliphatic carbocycles. The van der Waals surface area contributed by atoms with Crippen molar-refractivity contribution in [1.29, 1.82) is 0 Å². The fourth-order valence-corrected chi connectivity index (χ4v) is 4.42. The van der Waals surface area contributed by atoms with Crippen LogP contribution < -0.4 is 5.73 Å². The van der Waals surface area contributed by atoms with E-state index in [9.17, 15) is 8.42 Å². The number of rotatable bonds is 10. The van der Waals surface area contributed by atoms with E-state index in [2.05, 4.69) is 0 Å². The molecular formula is C12H25NO5S. The lowest BCUT2D eigenvalue weighted by molar-refractivity contribution is 0.0183. The molecule has 0 bridgehead atoms. The second-order valence-electron chi connectivity index (χ2n) is 5.01. The standard InChI is InChI=1S/C12H25NO5S/c1-16-5-6-18-8-7-17-4-2-12(10-13)3-9-19(14,15)11-12/h2-11,13H2,1H3. The van der Waals surface area contributed by atoms with Crippen LogP contribution in [0.2, 0.25) is 0 Å². The third-order valence-corrected chi connectivity index (χ3v) is 5.36. The minimum absolute atomic E-state index is 0.199. The first-order valence-electron chi connectivity index (χ1n) is 6.58. The summed E-state index contributed by atoms with van der Waals surface area (Å²) in [5.74, 6) is 0.453. The van der Waals surface area contributed by atoms with E-state index in [0.717, 1.165) is 0 Å². The molecule has 1 aliphatic heterocycles. The second kappa shape index (κ2) is 8.16. The van der Waals surface area contributed by atoms with Gasteiger partial charge >= 0.3 is 0 Å². The number of sulfone groups is 1. The van der Waals surface area contributed by atoms with Crippen LogP contribution in [0.5, 0.6) is 0 Å². The fourth-order valence-electron chi connectivity index (χ4n) is 2.20. The van der Waals surface area contributed by atoms with Crippen LogP contribution in [0.1, 0.15) is 12.8 Å². The van der Waals surface area contributed by atoms with Crippen molar-refractivity contribution in [1.82, 2.24) is 0 Å². The highest BCUT2D eigenvalue weighted by Gasteiger charge is 2.40. The summed E-state index contributed by atoms with van der Waals surface area (Å²) in [7, 11) is -1.27. The van der Waals surface area contributed by atoms with Gasteiger partial charge in [0, 0.05) is 13.7 Å². The number of hydrogen-bond donors (Lipinski definition) is 1. The molecule has 0 aromatic rings. The van der Waals surface area contributed by atoms with Gasteiger partial charge < -0.3 is 19.9 Å². The third-order valence-electron chi connectivity index (χ3n) is 3.48. The summed E-state index contributed by atoms with van der Waals surface area (Å²) in [5, 5.41) is 0. The van der Waals surface area contributed by atoms with Crippen LogP contribution in [0.3, 0.4) is 0 Å². The maximum absolute atomic E-state index is 11.5. The Morgan fingerprint density at radius 2 is 1.74 bits per heavy atom. The van der Waals surface area contributed by atoms with Crippen LogP contribution in [0.25, 0.3) is 0 Å². The molecule has 0 amide bonds. The molecule has 0 aromatic heterocycles. The maximum atomic E-state index is 11.5. The largest absolute Gasteiger partial charge is 0.382 e. The molecule has 0 radical (unpaired) electrons. The van der Waals surface area contributed by atoms with Gasteiger partial charge in [-0.1, -0.05) is 0 Å². The van der Waals surface area contributed by atoms with Gasteiger partial charge in [-0.05, 0) is 24.8 Å². The van der Waals surface area contributed by atoms with Gasteiger partial charge in [0.25, 0.3) is 0 Å². The van der Waals surface area contributed by atoms with E-state index < -0.39 is 9.84 Å². The van der Waals surface area contributed by atoms with E-state index in [1.54, 1.807) is 7.11 Å². The Morgan fingerprint density at radius 3 is 2.26 bits per heavy atom. The Bertz CT molecular complexity index is 346. The molecule has 1 atom stereocenters. The molecule has 1 aliphatic rings. The summed E-state index contributed by atoms with van der Waals surface area (Å²) in [5.41, 5.74) is 5.45. The van der Waals surface area contributed by atoms with E-state index >= 15 is 0 Å². The lowest BCUT2D eigenvalue weighted by atomic mass is 9.84. The van der Waals surface area contributed by atoms with Gasteiger partial charge in [0.2, 0.25) is 0 Å². The second-order valence-corrected chi connectivity index (χ2v) is 7.20. The first kappa shape index (κ1) is 16.8. The molecule has 19 heavy (non-hydrogen) atoms. The monoisotopic (exact) mass is 295 g/mol. The highest BCUT2D eigenvalue weighted by atomic mass is 32.2. The zero-order chi connectivity index (χ0) is 14.2.